The molecule has 0 bridgehead atoms. The van der Waals surface area contributed by atoms with Crippen molar-refractivity contribution in [3.63, 3.8) is 0 Å². The van der Waals surface area contributed by atoms with Gasteiger partial charge in [0.15, 0.2) is 0 Å². The van der Waals surface area contributed by atoms with Crippen molar-refractivity contribution in [2.75, 3.05) is 13.1 Å². The molecule has 0 saturated carbocycles. The summed E-state index contributed by atoms with van der Waals surface area (Å²) >= 11 is 0. The Morgan fingerprint density at radius 1 is 1.13 bits per heavy atom. The predicted molar refractivity (Wildman–Crippen MR) is 144 cm³/mol. The second kappa shape index (κ2) is 9.47. The summed E-state index contributed by atoms with van der Waals surface area (Å²) in [5, 5.41) is 10.5. The molecule has 2 aliphatic rings. The third-order valence-corrected chi connectivity index (χ3v) is 7.89. The first-order chi connectivity index (χ1) is 18.2. The van der Waals surface area contributed by atoms with Crippen LogP contribution in [0.5, 0.6) is 5.75 Å². The largest absolute Gasteiger partial charge is 0.486 e. The Labute approximate surface area is 226 Å². The van der Waals surface area contributed by atoms with Crippen LogP contribution in [-0.2, 0) is 6.42 Å². The number of nitrogens with zero attached hydrogens (tertiary/aromatic N) is 2. The molecule has 3 heterocycles. The molecule has 6 nitrogen and oxygen atoms in total. The summed E-state index contributed by atoms with van der Waals surface area (Å²) < 4.78 is 52.8. The topological polar surface area (TPSA) is 68.8 Å². The van der Waals surface area contributed by atoms with E-state index in [1.54, 1.807) is 0 Å². The molecule has 1 amide bonds. The summed E-state index contributed by atoms with van der Waals surface area (Å²) in [6.45, 7) is 10.7. The van der Waals surface area contributed by atoms with Gasteiger partial charge in [-0.1, -0.05) is 39.0 Å². The highest BCUT2D eigenvalue weighted by Crippen LogP contribution is 2.44. The maximum atomic E-state index is 15.9. The molecule has 1 aromatic heterocycles. The predicted octanol–water partition coefficient (Wildman–Crippen LogP) is 6.69. The Bertz CT molecular complexity index is 1380. The van der Waals surface area contributed by atoms with Crippen LogP contribution in [0, 0.1) is 17.0 Å². The maximum absolute atomic E-state index is 15.9. The minimum atomic E-state index is -1.59. The molecular weight excluding hydrogens is 507 g/mol. The molecule has 2 unspecified atom stereocenters. The van der Waals surface area contributed by atoms with Crippen LogP contribution >= 0.6 is 0 Å². The van der Waals surface area contributed by atoms with Crippen molar-refractivity contribution in [2.45, 2.75) is 77.9 Å². The van der Waals surface area contributed by atoms with E-state index < -0.39 is 47.0 Å². The van der Waals surface area contributed by atoms with Gasteiger partial charge in [0.2, 0.25) is 0 Å². The Balaban J connectivity index is 1.55. The highest BCUT2D eigenvalue weighted by molar-refractivity contribution is 5.85. The van der Waals surface area contributed by atoms with Gasteiger partial charge in [-0.05, 0) is 44.2 Å². The summed E-state index contributed by atoms with van der Waals surface area (Å²) in [4.78, 5) is 18.1. The summed E-state index contributed by atoms with van der Waals surface area (Å²) in [5.41, 5.74) is 0.318. The van der Waals surface area contributed by atoms with Crippen LogP contribution in [0.3, 0.4) is 0 Å². The van der Waals surface area contributed by atoms with E-state index in [4.69, 9.17) is 4.74 Å². The normalized spacial score (nSPS) is 24.0. The van der Waals surface area contributed by atoms with Crippen LogP contribution in [0.2, 0.25) is 0 Å². The average molecular weight is 544 g/mol. The Morgan fingerprint density at radius 3 is 2.36 bits per heavy atom. The van der Waals surface area contributed by atoms with Crippen molar-refractivity contribution in [2.24, 2.45) is 5.41 Å². The van der Waals surface area contributed by atoms with Gasteiger partial charge in [0.1, 0.15) is 29.2 Å². The number of nitrogens with one attached hydrogen (secondary N) is 1. The first-order valence-electron chi connectivity index (χ1n) is 13.3. The smallest absolute Gasteiger partial charge is 0.407 e. The first-order valence-corrected chi connectivity index (χ1v) is 13.3. The number of H-pyrrole nitrogens is 1. The number of hydrogen-bond donors (Lipinski definition) is 2. The number of likely N-dealkylation sites (tertiary alicyclic amines) is 1. The zero-order valence-electron chi connectivity index (χ0n) is 23.2. The fourth-order valence-electron chi connectivity index (χ4n) is 6.36. The molecule has 5 rings (SSSR count). The summed E-state index contributed by atoms with van der Waals surface area (Å²) in [5.74, 6) is -1.59. The molecule has 4 atom stereocenters. The summed E-state index contributed by atoms with van der Waals surface area (Å²) in [7, 11) is 0. The maximum Gasteiger partial charge on any atom is 0.407 e. The molecular formula is C30H36F3N3O3. The zero-order valence-corrected chi connectivity index (χ0v) is 23.2. The monoisotopic (exact) mass is 543 g/mol. The van der Waals surface area contributed by atoms with Gasteiger partial charge < -0.3 is 14.8 Å². The van der Waals surface area contributed by atoms with Crippen LogP contribution < -0.4 is 4.74 Å². The number of hydrogen-bond acceptors (Lipinski definition) is 3. The Hall–Kier alpha value is -3.20. The van der Waals surface area contributed by atoms with Gasteiger partial charge in [-0.2, -0.15) is 0 Å². The van der Waals surface area contributed by atoms with Crippen molar-refractivity contribution in [3.8, 4) is 5.75 Å². The summed E-state index contributed by atoms with van der Waals surface area (Å²) in [6.07, 6.45) is -0.977. The minimum Gasteiger partial charge on any atom is -0.486 e. The van der Waals surface area contributed by atoms with Gasteiger partial charge in [-0.15, -0.1) is 0 Å². The number of aromatic nitrogens is 1. The van der Waals surface area contributed by atoms with Crippen LogP contribution in [0.25, 0.3) is 10.9 Å². The van der Waals surface area contributed by atoms with E-state index in [9.17, 15) is 14.3 Å². The molecule has 39 heavy (non-hydrogen) atoms. The SMILES string of the molecule is C[C@@H]1Cc2c([nH]c3ccccc23)[C@@H](c2c(F)cc(OC3CN(C(=O)O)C3C(C)(C)C)cc2F)N1CC(C)(C)F. The summed E-state index contributed by atoms with van der Waals surface area (Å²) in [6, 6.07) is 8.54. The molecule has 0 radical (unpaired) electrons. The number of para-hydroxylation sites is 1. The van der Waals surface area contributed by atoms with Gasteiger partial charge in [0, 0.05) is 46.9 Å². The van der Waals surface area contributed by atoms with Crippen molar-refractivity contribution < 1.29 is 27.8 Å². The Morgan fingerprint density at radius 2 is 1.77 bits per heavy atom. The van der Waals surface area contributed by atoms with Crippen LogP contribution in [0.4, 0.5) is 18.0 Å². The van der Waals surface area contributed by atoms with Crippen molar-refractivity contribution in [1.82, 2.24) is 14.8 Å². The van der Waals surface area contributed by atoms with Crippen molar-refractivity contribution >= 4 is 17.0 Å². The molecule has 2 aromatic carbocycles. The van der Waals surface area contributed by atoms with Gasteiger partial charge in [0.05, 0.1) is 18.6 Å². The Kier molecular flexibility index (Phi) is 6.64. The number of carbonyl (C=O) groups is 1. The number of benzene rings is 2. The molecule has 0 aliphatic carbocycles. The number of carboxylic acid groups (broad SMARTS) is 1. The van der Waals surface area contributed by atoms with Gasteiger partial charge in [-0.25, -0.2) is 18.0 Å². The molecule has 210 valence electrons. The fourth-order valence-corrected chi connectivity index (χ4v) is 6.36. The third-order valence-electron chi connectivity index (χ3n) is 7.89. The van der Waals surface area contributed by atoms with Gasteiger partial charge >= 0.3 is 6.09 Å². The van der Waals surface area contributed by atoms with E-state index in [-0.39, 0.29) is 30.4 Å². The van der Waals surface area contributed by atoms with E-state index in [1.807, 2.05) is 56.9 Å². The zero-order chi connectivity index (χ0) is 28.4. The lowest BCUT2D eigenvalue weighted by Crippen LogP contribution is -2.68. The number of fused-ring (bicyclic) bond motifs is 3. The van der Waals surface area contributed by atoms with Crippen LogP contribution in [0.15, 0.2) is 36.4 Å². The molecule has 1 fully saturated rings. The quantitative estimate of drug-likeness (QED) is 0.376. The van der Waals surface area contributed by atoms with E-state index in [2.05, 4.69) is 4.98 Å². The van der Waals surface area contributed by atoms with Crippen LogP contribution in [0.1, 0.15) is 64.4 Å². The fraction of sp³-hybridized carbons (Fsp3) is 0.500. The first kappa shape index (κ1) is 27.4. The number of amides is 1. The van der Waals surface area contributed by atoms with E-state index >= 15 is 8.78 Å². The number of rotatable bonds is 5. The third kappa shape index (κ3) is 4.97. The highest BCUT2D eigenvalue weighted by Gasteiger charge is 2.50. The minimum absolute atomic E-state index is 0.00358. The number of halogens is 3. The average Bonchev–Trinajstić information content (AvgIpc) is 3.13. The number of alkyl halides is 1. The highest BCUT2D eigenvalue weighted by atomic mass is 19.1. The second-order valence-corrected chi connectivity index (χ2v) is 12.6. The van der Waals surface area contributed by atoms with E-state index in [0.29, 0.717) is 12.1 Å². The molecule has 2 N–H and O–H groups in total. The lowest BCUT2D eigenvalue weighted by atomic mass is 9.77. The number of aromatic amines is 1. The van der Waals surface area contributed by atoms with Crippen molar-refractivity contribution in [1.29, 1.82) is 0 Å². The molecule has 3 aromatic rings. The standard InChI is InChI=1S/C30H36F3N3O3/c1-16-11-19-18-9-7-8-10-22(18)34-25(19)26(36(16)15-30(5,6)33)24-20(31)12-17(13-21(24)32)39-23-14-35(28(37)38)27(23)29(2,3)4/h7-10,12-13,16,23,26-27,34H,11,14-15H2,1-6H3,(H,37,38)/t16-,23?,26-,27?/m1/s1. The lowest BCUT2D eigenvalue weighted by Gasteiger charge is -2.51. The lowest BCUT2D eigenvalue weighted by molar-refractivity contribution is -0.0776. The van der Waals surface area contributed by atoms with Crippen LogP contribution in [-0.4, -0.2) is 62.9 Å². The number of ether oxygens (including phenoxy) is 1. The van der Waals surface area contributed by atoms with Gasteiger partial charge in [-0.3, -0.25) is 9.80 Å². The molecule has 1 saturated heterocycles. The van der Waals surface area contributed by atoms with E-state index in [0.717, 1.165) is 28.6 Å². The second-order valence-electron chi connectivity index (χ2n) is 12.6. The van der Waals surface area contributed by atoms with E-state index in [1.165, 1.54) is 18.7 Å². The molecule has 0 spiro atoms. The van der Waals surface area contributed by atoms with Crippen molar-refractivity contribution in [3.05, 3.63) is 64.9 Å². The molecule has 2 aliphatic heterocycles. The van der Waals surface area contributed by atoms with Gasteiger partial charge in [0.25, 0.3) is 0 Å². The molecule has 9 heteroatoms.